The van der Waals surface area contributed by atoms with Gasteiger partial charge in [-0.25, -0.2) is 9.97 Å². The summed E-state index contributed by atoms with van der Waals surface area (Å²) in [7, 11) is 0. The highest BCUT2D eigenvalue weighted by Gasteiger charge is 2.30. The van der Waals surface area contributed by atoms with E-state index in [-0.39, 0.29) is 11.9 Å². The van der Waals surface area contributed by atoms with E-state index in [9.17, 15) is 4.79 Å². The van der Waals surface area contributed by atoms with Crippen molar-refractivity contribution in [2.75, 3.05) is 37.7 Å². The molecule has 22 heavy (non-hydrogen) atoms. The van der Waals surface area contributed by atoms with Crippen LogP contribution >= 0.6 is 0 Å². The zero-order chi connectivity index (χ0) is 15.5. The molecule has 0 radical (unpaired) electrons. The molecule has 1 amide bonds. The summed E-state index contributed by atoms with van der Waals surface area (Å²) in [6.45, 7) is 7.80. The van der Waals surface area contributed by atoms with Crippen LogP contribution in [0.2, 0.25) is 0 Å². The molecule has 1 aromatic heterocycles. The van der Waals surface area contributed by atoms with Crippen LogP contribution in [0.1, 0.15) is 43.7 Å². The molecule has 3 heterocycles. The van der Waals surface area contributed by atoms with E-state index in [1.165, 1.54) is 0 Å². The largest absolute Gasteiger partial charge is 0.380 e. The van der Waals surface area contributed by atoms with E-state index in [1.54, 1.807) is 6.92 Å². The molecule has 0 aromatic carbocycles. The minimum atomic E-state index is 0.0272. The highest BCUT2D eigenvalue weighted by molar-refractivity contribution is 5.74. The quantitative estimate of drug-likeness (QED) is 0.832. The monoisotopic (exact) mass is 304 g/mol. The number of nitrogens with zero attached hydrogens (tertiary/aromatic N) is 4. The van der Waals surface area contributed by atoms with Gasteiger partial charge >= 0.3 is 0 Å². The van der Waals surface area contributed by atoms with E-state index < -0.39 is 0 Å². The molecule has 6 heteroatoms. The maximum atomic E-state index is 11.8. The summed E-state index contributed by atoms with van der Waals surface area (Å²) < 4.78 is 5.52. The predicted octanol–water partition coefficient (Wildman–Crippen LogP) is 1.70. The predicted molar refractivity (Wildman–Crippen MR) is 83.8 cm³/mol. The number of amides is 1. The molecule has 120 valence electrons. The summed E-state index contributed by atoms with van der Waals surface area (Å²) in [5, 5.41) is 0. The topological polar surface area (TPSA) is 58.6 Å². The molecule has 2 fully saturated rings. The molecule has 3 rings (SSSR count). The molecule has 0 spiro atoms. The Morgan fingerprint density at radius 2 is 2.09 bits per heavy atom. The van der Waals surface area contributed by atoms with Crippen LogP contribution in [0.3, 0.4) is 0 Å². The summed E-state index contributed by atoms with van der Waals surface area (Å²) in [6.07, 6.45) is 2.99. The number of carbonyl (C=O) groups excluding carboxylic acids is 1. The first-order chi connectivity index (χ1) is 10.6. The minimum Gasteiger partial charge on any atom is -0.380 e. The molecule has 1 aromatic rings. The molecule has 2 aliphatic heterocycles. The fourth-order valence-corrected chi connectivity index (χ4v) is 3.27. The van der Waals surface area contributed by atoms with Gasteiger partial charge in [0.15, 0.2) is 5.82 Å². The van der Waals surface area contributed by atoms with E-state index in [0.717, 1.165) is 69.4 Å². The van der Waals surface area contributed by atoms with Gasteiger partial charge in [0, 0.05) is 44.9 Å². The van der Waals surface area contributed by atoms with Crippen LogP contribution in [0.25, 0.3) is 0 Å². The summed E-state index contributed by atoms with van der Waals surface area (Å²) in [5.41, 5.74) is 0.959. The minimum absolute atomic E-state index is 0.0272. The average Bonchev–Trinajstić information content (AvgIpc) is 2.82. The Morgan fingerprint density at radius 3 is 2.91 bits per heavy atom. The molecule has 0 bridgehead atoms. The number of aryl methyl sites for hydroxylation is 1. The van der Waals surface area contributed by atoms with E-state index in [2.05, 4.69) is 9.88 Å². The van der Waals surface area contributed by atoms with E-state index >= 15 is 0 Å². The molecule has 6 nitrogen and oxygen atoms in total. The van der Waals surface area contributed by atoms with Crippen LogP contribution in [0.15, 0.2) is 6.07 Å². The summed E-state index contributed by atoms with van der Waals surface area (Å²) in [4.78, 5) is 25.3. The summed E-state index contributed by atoms with van der Waals surface area (Å²) in [6, 6.07) is 2.06. The average molecular weight is 304 g/mol. The summed E-state index contributed by atoms with van der Waals surface area (Å²) >= 11 is 0. The van der Waals surface area contributed by atoms with E-state index in [4.69, 9.17) is 9.72 Å². The Labute approximate surface area is 131 Å². The van der Waals surface area contributed by atoms with Gasteiger partial charge in [0.05, 0.1) is 12.6 Å². The normalized spacial score (nSPS) is 22.7. The summed E-state index contributed by atoms with van der Waals surface area (Å²) in [5.74, 6) is 1.86. The fraction of sp³-hybridized carbons (Fsp3) is 0.688. The van der Waals surface area contributed by atoms with Crippen molar-refractivity contribution < 1.29 is 9.53 Å². The first-order valence-electron chi connectivity index (χ1n) is 8.10. The first-order valence-corrected chi connectivity index (χ1v) is 8.10. The standard InChI is InChI=1S/C16H24N4O2/c1-12-11-15(19-6-4-9-22-10-8-19)18-16(17-12)14-5-3-7-20(14)13(2)21/h11,14H,3-10H2,1-2H3. The van der Waals surface area contributed by atoms with Crippen LogP contribution in [0, 0.1) is 6.92 Å². The lowest BCUT2D eigenvalue weighted by Gasteiger charge is -2.25. The number of likely N-dealkylation sites (tertiary alicyclic amines) is 1. The second kappa shape index (κ2) is 6.60. The van der Waals surface area contributed by atoms with Gasteiger partial charge in [-0.05, 0) is 26.2 Å². The zero-order valence-corrected chi connectivity index (χ0v) is 13.4. The highest BCUT2D eigenvalue weighted by atomic mass is 16.5. The van der Waals surface area contributed by atoms with Gasteiger partial charge in [0.2, 0.25) is 5.91 Å². The van der Waals surface area contributed by atoms with Gasteiger partial charge in [-0.1, -0.05) is 0 Å². The molecule has 0 saturated carbocycles. The molecule has 1 atom stereocenters. The number of aromatic nitrogens is 2. The van der Waals surface area contributed by atoms with E-state index in [0.29, 0.717) is 0 Å². The van der Waals surface area contributed by atoms with E-state index in [1.807, 2.05) is 17.9 Å². The third kappa shape index (κ3) is 3.21. The molecule has 2 saturated heterocycles. The fourth-order valence-electron chi connectivity index (χ4n) is 3.27. The zero-order valence-electron chi connectivity index (χ0n) is 13.4. The Balaban J connectivity index is 1.87. The van der Waals surface area contributed by atoms with Crippen LogP contribution in [-0.2, 0) is 9.53 Å². The number of rotatable bonds is 2. The van der Waals surface area contributed by atoms with Gasteiger partial charge in [-0.3, -0.25) is 4.79 Å². The first kappa shape index (κ1) is 15.2. The Kier molecular flexibility index (Phi) is 4.57. The van der Waals surface area contributed by atoms with Crippen molar-refractivity contribution >= 4 is 11.7 Å². The van der Waals surface area contributed by atoms with Crippen molar-refractivity contribution in [3.8, 4) is 0 Å². The number of ether oxygens (including phenoxy) is 1. The molecule has 0 N–H and O–H groups in total. The molecule has 0 aliphatic carbocycles. The third-order valence-electron chi connectivity index (χ3n) is 4.36. The Bertz CT molecular complexity index is 541. The lowest BCUT2D eigenvalue weighted by Crippen LogP contribution is -2.31. The van der Waals surface area contributed by atoms with Gasteiger partial charge in [-0.2, -0.15) is 0 Å². The SMILES string of the molecule is CC(=O)N1CCCC1c1nc(C)cc(N2CCCOCC2)n1. The molecule has 2 aliphatic rings. The van der Waals surface area contributed by atoms with Crippen molar-refractivity contribution in [3.05, 3.63) is 17.6 Å². The molecular formula is C16H24N4O2. The van der Waals surface area contributed by atoms with Crippen LogP contribution in [-0.4, -0.2) is 53.6 Å². The number of hydrogen-bond donors (Lipinski definition) is 0. The van der Waals surface area contributed by atoms with Gasteiger partial charge < -0.3 is 14.5 Å². The van der Waals surface area contributed by atoms with Crippen molar-refractivity contribution in [2.45, 2.75) is 39.2 Å². The maximum Gasteiger partial charge on any atom is 0.220 e. The second-order valence-electron chi connectivity index (χ2n) is 6.05. The Morgan fingerprint density at radius 1 is 1.23 bits per heavy atom. The smallest absolute Gasteiger partial charge is 0.220 e. The van der Waals surface area contributed by atoms with Gasteiger partial charge in [-0.15, -0.1) is 0 Å². The maximum absolute atomic E-state index is 11.8. The van der Waals surface area contributed by atoms with Crippen molar-refractivity contribution in [1.82, 2.24) is 14.9 Å². The van der Waals surface area contributed by atoms with Crippen molar-refractivity contribution in [2.24, 2.45) is 0 Å². The number of hydrogen-bond acceptors (Lipinski definition) is 5. The van der Waals surface area contributed by atoms with Crippen LogP contribution in [0.5, 0.6) is 0 Å². The third-order valence-corrected chi connectivity index (χ3v) is 4.36. The van der Waals surface area contributed by atoms with Gasteiger partial charge in [0.25, 0.3) is 0 Å². The number of anilines is 1. The molecular weight excluding hydrogens is 280 g/mol. The Hall–Kier alpha value is -1.69. The highest BCUT2D eigenvalue weighted by Crippen LogP contribution is 2.31. The van der Waals surface area contributed by atoms with Crippen LogP contribution in [0.4, 0.5) is 5.82 Å². The lowest BCUT2D eigenvalue weighted by atomic mass is 10.2. The van der Waals surface area contributed by atoms with Crippen molar-refractivity contribution in [1.29, 1.82) is 0 Å². The lowest BCUT2D eigenvalue weighted by molar-refractivity contribution is -0.129. The van der Waals surface area contributed by atoms with Crippen molar-refractivity contribution in [3.63, 3.8) is 0 Å². The number of carbonyl (C=O) groups is 1. The second-order valence-corrected chi connectivity index (χ2v) is 6.05. The van der Waals surface area contributed by atoms with Crippen LogP contribution < -0.4 is 4.90 Å². The molecule has 1 unspecified atom stereocenters. The van der Waals surface area contributed by atoms with Gasteiger partial charge in [0.1, 0.15) is 5.82 Å².